The first-order chi connectivity index (χ1) is 10.3. The molecule has 0 unspecified atom stereocenters. The Hall–Kier alpha value is -2.49. The fourth-order valence-corrected chi connectivity index (χ4v) is 2.18. The molecule has 0 aliphatic rings. The minimum Gasteiger partial charge on any atom is -0.497 e. The van der Waals surface area contributed by atoms with Crippen molar-refractivity contribution in [3.8, 4) is 11.5 Å². The van der Waals surface area contributed by atoms with Crippen molar-refractivity contribution in [3.05, 3.63) is 59.7 Å². The number of hydrogen-bond donors (Lipinski definition) is 1. The predicted octanol–water partition coefficient (Wildman–Crippen LogP) is 3.51. The lowest BCUT2D eigenvalue weighted by Crippen LogP contribution is -2.06. The number of rotatable bonds is 6. The molecule has 0 saturated carbocycles. The molecule has 4 nitrogen and oxygen atoms in total. The summed E-state index contributed by atoms with van der Waals surface area (Å²) in [5.41, 5.74) is 2.57. The molecule has 0 heterocycles. The molecule has 0 spiro atoms. The number of oxime groups is 1. The van der Waals surface area contributed by atoms with E-state index in [9.17, 15) is 5.21 Å². The first kappa shape index (κ1) is 14.9. The van der Waals surface area contributed by atoms with E-state index in [0.29, 0.717) is 23.6 Å². The summed E-state index contributed by atoms with van der Waals surface area (Å²) in [4.78, 5) is 0. The Balaban J connectivity index is 2.18. The summed E-state index contributed by atoms with van der Waals surface area (Å²) in [5, 5.41) is 12.7. The van der Waals surface area contributed by atoms with Crippen LogP contribution in [0.15, 0.2) is 53.7 Å². The molecule has 21 heavy (non-hydrogen) atoms. The summed E-state index contributed by atoms with van der Waals surface area (Å²) in [6.45, 7) is 0. The van der Waals surface area contributed by atoms with E-state index in [-0.39, 0.29) is 0 Å². The quantitative estimate of drug-likeness (QED) is 0.502. The van der Waals surface area contributed by atoms with Gasteiger partial charge in [0.2, 0.25) is 0 Å². The number of benzene rings is 2. The first-order valence-electron chi connectivity index (χ1n) is 6.75. The zero-order valence-corrected chi connectivity index (χ0v) is 12.2. The Kier molecular flexibility index (Phi) is 5.21. The molecule has 0 aromatic heterocycles. The summed E-state index contributed by atoms with van der Waals surface area (Å²) >= 11 is 0. The van der Waals surface area contributed by atoms with E-state index in [4.69, 9.17) is 9.47 Å². The Bertz CT molecular complexity index is 609. The number of methoxy groups -OCH3 is 2. The van der Waals surface area contributed by atoms with Crippen molar-refractivity contribution in [2.75, 3.05) is 14.2 Å². The van der Waals surface area contributed by atoms with E-state index in [0.717, 1.165) is 12.0 Å². The van der Waals surface area contributed by atoms with E-state index in [1.54, 1.807) is 20.3 Å². The standard InChI is InChI=1S/C17H19NO3/c1-20-14-9-10-15(17(12-14)21-2)16(18-19)11-8-13-6-4-3-5-7-13/h3-7,9-10,12,19H,8,11H2,1-2H3/b18-16+. The third-order valence-corrected chi connectivity index (χ3v) is 3.33. The van der Waals surface area contributed by atoms with Crippen LogP contribution in [-0.2, 0) is 6.42 Å². The predicted molar refractivity (Wildman–Crippen MR) is 82.6 cm³/mol. The normalized spacial score (nSPS) is 11.2. The van der Waals surface area contributed by atoms with Crippen LogP contribution >= 0.6 is 0 Å². The van der Waals surface area contributed by atoms with Crippen LogP contribution in [0, 0.1) is 0 Å². The van der Waals surface area contributed by atoms with Crippen molar-refractivity contribution in [2.24, 2.45) is 5.16 Å². The highest BCUT2D eigenvalue weighted by atomic mass is 16.5. The van der Waals surface area contributed by atoms with Crippen LogP contribution in [0.3, 0.4) is 0 Å². The average Bonchev–Trinajstić information content (AvgIpc) is 2.56. The molecule has 0 aliphatic heterocycles. The van der Waals surface area contributed by atoms with Crippen LogP contribution < -0.4 is 9.47 Å². The van der Waals surface area contributed by atoms with Crippen molar-refractivity contribution in [3.63, 3.8) is 0 Å². The minimum absolute atomic E-state index is 0.596. The van der Waals surface area contributed by atoms with Gasteiger partial charge in [0.05, 0.1) is 19.9 Å². The van der Waals surface area contributed by atoms with Crippen LogP contribution in [0.25, 0.3) is 0 Å². The van der Waals surface area contributed by atoms with Gasteiger partial charge in [-0.3, -0.25) is 0 Å². The second kappa shape index (κ2) is 7.33. The molecule has 0 saturated heterocycles. The summed E-state index contributed by atoms with van der Waals surface area (Å²) in [7, 11) is 3.19. The van der Waals surface area contributed by atoms with Crippen molar-refractivity contribution in [1.82, 2.24) is 0 Å². The zero-order chi connectivity index (χ0) is 15.1. The molecular weight excluding hydrogens is 266 g/mol. The smallest absolute Gasteiger partial charge is 0.131 e. The van der Waals surface area contributed by atoms with E-state index >= 15 is 0 Å². The second-order valence-corrected chi connectivity index (χ2v) is 4.60. The largest absolute Gasteiger partial charge is 0.497 e. The van der Waals surface area contributed by atoms with Crippen molar-refractivity contribution in [1.29, 1.82) is 0 Å². The van der Waals surface area contributed by atoms with E-state index in [1.165, 1.54) is 5.56 Å². The number of aryl methyl sites for hydroxylation is 1. The monoisotopic (exact) mass is 285 g/mol. The third-order valence-electron chi connectivity index (χ3n) is 3.33. The lowest BCUT2D eigenvalue weighted by atomic mass is 10.0. The van der Waals surface area contributed by atoms with E-state index in [1.807, 2.05) is 30.3 Å². The van der Waals surface area contributed by atoms with Crippen LogP contribution in [0.5, 0.6) is 11.5 Å². The van der Waals surface area contributed by atoms with Gasteiger partial charge in [0.25, 0.3) is 0 Å². The maximum absolute atomic E-state index is 9.31. The van der Waals surface area contributed by atoms with Gasteiger partial charge in [-0.05, 0) is 30.5 Å². The molecule has 4 heteroatoms. The highest BCUT2D eigenvalue weighted by molar-refractivity contribution is 6.02. The summed E-state index contributed by atoms with van der Waals surface area (Å²) in [5.74, 6) is 1.34. The van der Waals surface area contributed by atoms with E-state index in [2.05, 4.69) is 17.3 Å². The molecule has 2 rings (SSSR count). The van der Waals surface area contributed by atoms with Gasteiger partial charge in [-0.15, -0.1) is 0 Å². The van der Waals surface area contributed by atoms with Gasteiger partial charge in [-0.1, -0.05) is 35.5 Å². The molecule has 0 aliphatic carbocycles. The molecule has 2 aromatic carbocycles. The molecule has 0 amide bonds. The summed E-state index contributed by atoms with van der Waals surface area (Å²) in [6.07, 6.45) is 1.43. The van der Waals surface area contributed by atoms with Crippen LogP contribution in [0.2, 0.25) is 0 Å². The highest BCUT2D eigenvalue weighted by Crippen LogP contribution is 2.26. The fraction of sp³-hybridized carbons (Fsp3) is 0.235. The molecule has 0 radical (unpaired) electrons. The SMILES string of the molecule is COc1ccc(/C(CCc2ccccc2)=N/O)c(OC)c1. The van der Waals surface area contributed by atoms with Crippen molar-refractivity contribution < 1.29 is 14.7 Å². The van der Waals surface area contributed by atoms with Gasteiger partial charge in [0.15, 0.2) is 0 Å². The van der Waals surface area contributed by atoms with Crippen LogP contribution in [-0.4, -0.2) is 25.1 Å². The maximum atomic E-state index is 9.31. The number of hydrogen-bond acceptors (Lipinski definition) is 4. The minimum atomic E-state index is 0.596. The summed E-state index contributed by atoms with van der Waals surface area (Å²) in [6, 6.07) is 15.5. The lowest BCUT2D eigenvalue weighted by molar-refractivity contribution is 0.317. The number of ether oxygens (including phenoxy) is 2. The topological polar surface area (TPSA) is 51.0 Å². The third kappa shape index (κ3) is 3.75. The first-order valence-corrected chi connectivity index (χ1v) is 6.75. The Morgan fingerprint density at radius 1 is 1.05 bits per heavy atom. The van der Waals surface area contributed by atoms with E-state index < -0.39 is 0 Å². The maximum Gasteiger partial charge on any atom is 0.131 e. The zero-order valence-electron chi connectivity index (χ0n) is 12.2. The molecule has 110 valence electrons. The van der Waals surface area contributed by atoms with Crippen LogP contribution in [0.1, 0.15) is 17.5 Å². The van der Waals surface area contributed by atoms with Crippen molar-refractivity contribution >= 4 is 5.71 Å². The van der Waals surface area contributed by atoms with Crippen LogP contribution in [0.4, 0.5) is 0 Å². The Morgan fingerprint density at radius 2 is 1.81 bits per heavy atom. The summed E-state index contributed by atoms with van der Waals surface area (Å²) < 4.78 is 10.5. The van der Waals surface area contributed by atoms with Gasteiger partial charge in [-0.2, -0.15) is 0 Å². The lowest BCUT2D eigenvalue weighted by Gasteiger charge is -2.11. The molecular formula is C17H19NO3. The number of nitrogens with zero attached hydrogens (tertiary/aromatic N) is 1. The van der Waals surface area contributed by atoms with Gasteiger partial charge in [0.1, 0.15) is 11.5 Å². The highest BCUT2D eigenvalue weighted by Gasteiger charge is 2.12. The van der Waals surface area contributed by atoms with Gasteiger partial charge >= 0.3 is 0 Å². The Labute approximate surface area is 124 Å². The second-order valence-electron chi connectivity index (χ2n) is 4.60. The fourth-order valence-electron chi connectivity index (χ4n) is 2.18. The van der Waals surface area contributed by atoms with Gasteiger partial charge in [0, 0.05) is 11.6 Å². The Morgan fingerprint density at radius 3 is 2.43 bits per heavy atom. The molecule has 0 fully saturated rings. The van der Waals surface area contributed by atoms with Gasteiger partial charge in [-0.25, -0.2) is 0 Å². The van der Waals surface area contributed by atoms with Crippen molar-refractivity contribution in [2.45, 2.75) is 12.8 Å². The molecule has 0 bridgehead atoms. The molecule has 0 atom stereocenters. The molecule has 2 aromatic rings. The average molecular weight is 285 g/mol. The molecule has 1 N–H and O–H groups in total. The van der Waals surface area contributed by atoms with Gasteiger partial charge < -0.3 is 14.7 Å².